The Balaban J connectivity index is 1.19. The number of carbonyl (C=O) groups is 2. The maximum absolute atomic E-state index is 13.8. The third-order valence-corrected chi connectivity index (χ3v) is 9.78. The summed E-state index contributed by atoms with van der Waals surface area (Å²) in [4.78, 5) is 39.9. The lowest BCUT2D eigenvalue weighted by Gasteiger charge is -2.34. The summed E-state index contributed by atoms with van der Waals surface area (Å²) in [5, 5.41) is 9.94. The molecule has 8 heteroatoms. The van der Waals surface area contributed by atoms with Crippen molar-refractivity contribution in [2.24, 2.45) is 16.3 Å². The van der Waals surface area contributed by atoms with Crippen LogP contribution in [0.25, 0.3) is 0 Å². The van der Waals surface area contributed by atoms with Crippen LogP contribution in [0.3, 0.4) is 0 Å². The highest BCUT2D eigenvalue weighted by Crippen LogP contribution is 2.39. The predicted molar refractivity (Wildman–Crippen MR) is 164 cm³/mol. The Morgan fingerprint density at radius 1 is 1.12 bits per heavy atom. The van der Waals surface area contributed by atoms with E-state index in [1.54, 1.807) is 4.90 Å². The van der Waals surface area contributed by atoms with Crippen molar-refractivity contribution < 1.29 is 19.4 Å². The highest BCUT2D eigenvalue weighted by Gasteiger charge is 2.32. The molecule has 0 radical (unpaired) electrons. The van der Waals surface area contributed by atoms with Gasteiger partial charge in [-0.3, -0.25) is 14.7 Å². The van der Waals surface area contributed by atoms with Crippen molar-refractivity contribution in [2.45, 2.75) is 84.2 Å². The number of carbonyl (C=O) groups excluding carboxylic acids is 2. The Bertz CT molecular complexity index is 1370. The van der Waals surface area contributed by atoms with E-state index in [1.165, 1.54) is 11.3 Å². The summed E-state index contributed by atoms with van der Waals surface area (Å²) in [6, 6.07) is 10.2. The van der Waals surface area contributed by atoms with Gasteiger partial charge in [0.25, 0.3) is 0 Å². The number of pyridine rings is 1. The number of piperidine rings is 1. The summed E-state index contributed by atoms with van der Waals surface area (Å²) in [7, 11) is 0. The Kier molecular flexibility index (Phi) is 8.20. The molecule has 0 unspecified atom stereocenters. The standard InChI is InChI=1S/C34H44N4O4/c1-34(2,3)25-7-8-28-24(17-25)19-29-30(35-28)21-31(36-29)32(40)20-23(9-12-37-13-10-27(39)11-14-37)22-5-4-6-26(18-22)38-15-16-42-33(38)41/h4-6,18-19,23,25,27,39H,7-17,20-21H2,1-3H3/t23-,25-/m0/s1. The van der Waals surface area contributed by atoms with Gasteiger partial charge in [-0.1, -0.05) is 32.9 Å². The average Bonchev–Trinajstić information content (AvgIpc) is 3.59. The first-order valence-corrected chi connectivity index (χ1v) is 15.7. The molecule has 0 bridgehead atoms. The lowest BCUT2D eigenvalue weighted by molar-refractivity contribution is -0.113. The third-order valence-electron chi connectivity index (χ3n) is 9.78. The van der Waals surface area contributed by atoms with Crippen LogP contribution in [0.4, 0.5) is 16.2 Å². The second-order valence-corrected chi connectivity index (χ2v) is 13.6. The fourth-order valence-electron chi connectivity index (χ4n) is 6.95. The number of ether oxygens (including phenoxy) is 1. The number of rotatable bonds is 8. The number of hydrogen-bond donors (Lipinski definition) is 1. The number of hydrogen-bond acceptors (Lipinski definition) is 7. The minimum atomic E-state index is -0.325. The molecule has 1 N–H and O–H groups in total. The number of fused-ring (bicyclic) bond motifs is 2. The van der Waals surface area contributed by atoms with E-state index >= 15 is 0 Å². The first-order valence-electron chi connectivity index (χ1n) is 15.7. The van der Waals surface area contributed by atoms with Gasteiger partial charge in [0.15, 0.2) is 5.78 Å². The monoisotopic (exact) mass is 572 g/mol. The maximum atomic E-state index is 13.8. The molecule has 3 aliphatic heterocycles. The minimum absolute atomic E-state index is 0.0111. The number of anilines is 1. The predicted octanol–water partition coefficient (Wildman–Crippen LogP) is 5.41. The van der Waals surface area contributed by atoms with Gasteiger partial charge in [0.05, 0.1) is 29.7 Å². The van der Waals surface area contributed by atoms with E-state index in [4.69, 9.17) is 14.7 Å². The second-order valence-electron chi connectivity index (χ2n) is 13.6. The van der Waals surface area contributed by atoms with E-state index in [0.29, 0.717) is 37.6 Å². The number of benzene rings is 1. The lowest BCUT2D eigenvalue weighted by Crippen LogP contribution is -2.37. The summed E-state index contributed by atoms with van der Waals surface area (Å²) in [6.45, 7) is 10.5. The topological polar surface area (TPSA) is 95.3 Å². The largest absolute Gasteiger partial charge is 0.447 e. The van der Waals surface area contributed by atoms with Crippen LogP contribution in [0.15, 0.2) is 35.3 Å². The quantitative estimate of drug-likeness (QED) is 0.455. The smallest absolute Gasteiger partial charge is 0.414 e. The van der Waals surface area contributed by atoms with E-state index in [2.05, 4.69) is 37.8 Å². The molecule has 1 aromatic heterocycles. The van der Waals surface area contributed by atoms with Gasteiger partial charge in [0, 0.05) is 37.3 Å². The Morgan fingerprint density at radius 3 is 2.67 bits per heavy atom. The summed E-state index contributed by atoms with van der Waals surface area (Å²) < 4.78 is 5.16. The molecule has 1 aliphatic carbocycles. The van der Waals surface area contributed by atoms with Crippen LogP contribution in [0.1, 0.15) is 81.3 Å². The Labute approximate surface area is 249 Å². The molecular formula is C34H44N4O4. The molecule has 42 heavy (non-hydrogen) atoms. The number of aromatic nitrogens is 1. The van der Waals surface area contributed by atoms with Gasteiger partial charge < -0.3 is 14.7 Å². The van der Waals surface area contributed by atoms with Crippen molar-refractivity contribution in [3.8, 4) is 0 Å². The first kappa shape index (κ1) is 29.0. The molecule has 2 aromatic rings. The van der Waals surface area contributed by atoms with Crippen molar-refractivity contribution in [3.63, 3.8) is 0 Å². The number of likely N-dealkylation sites (tertiary alicyclic amines) is 1. The van der Waals surface area contributed by atoms with E-state index in [0.717, 1.165) is 80.8 Å². The van der Waals surface area contributed by atoms with Crippen LogP contribution < -0.4 is 4.90 Å². The molecule has 1 amide bonds. The van der Waals surface area contributed by atoms with E-state index < -0.39 is 0 Å². The van der Waals surface area contributed by atoms with Crippen LogP contribution >= 0.6 is 0 Å². The number of amides is 1. The summed E-state index contributed by atoms with van der Waals surface area (Å²) in [5.74, 6) is 0.685. The minimum Gasteiger partial charge on any atom is -0.447 e. The number of aryl methyl sites for hydroxylation is 1. The third kappa shape index (κ3) is 6.30. The van der Waals surface area contributed by atoms with Gasteiger partial charge in [-0.2, -0.15) is 0 Å². The van der Waals surface area contributed by atoms with Crippen LogP contribution in [0.2, 0.25) is 0 Å². The van der Waals surface area contributed by atoms with Gasteiger partial charge >= 0.3 is 6.09 Å². The van der Waals surface area contributed by atoms with Crippen LogP contribution in [0, 0.1) is 11.3 Å². The number of aliphatic hydroxyl groups excluding tert-OH is 1. The zero-order valence-electron chi connectivity index (χ0n) is 25.3. The van der Waals surface area contributed by atoms with E-state index in [1.807, 2.05) is 18.2 Å². The number of aliphatic hydroxyl groups is 1. The second kappa shape index (κ2) is 11.9. The zero-order valence-corrected chi connectivity index (χ0v) is 25.3. The molecule has 2 atom stereocenters. The highest BCUT2D eigenvalue weighted by molar-refractivity contribution is 6.41. The van der Waals surface area contributed by atoms with Crippen LogP contribution in [0.5, 0.6) is 0 Å². The number of ketones is 1. The Hall–Kier alpha value is -3.10. The van der Waals surface area contributed by atoms with Crippen LogP contribution in [-0.4, -0.2) is 71.5 Å². The molecule has 4 aliphatic rings. The van der Waals surface area contributed by atoms with Crippen LogP contribution in [-0.2, 0) is 28.8 Å². The normalized spacial score (nSPS) is 22.0. The first-order chi connectivity index (χ1) is 20.1. The molecule has 0 saturated carbocycles. The summed E-state index contributed by atoms with van der Waals surface area (Å²) in [5.41, 5.74) is 7.00. The van der Waals surface area contributed by atoms with Gasteiger partial charge in [-0.15, -0.1) is 0 Å². The molecular weight excluding hydrogens is 528 g/mol. The molecule has 0 spiro atoms. The molecule has 6 rings (SSSR count). The zero-order chi connectivity index (χ0) is 29.4. The highest BCUT2D eigenvalue weighted by atomic mass is 16.6. The SMILES string of the molecule is CC(C)(C)[C@H]1CCc2nc3c(cc2C1)N=C(C(=O)C[C@H](CCN1CCC(O)CC1)c1cccc(N2CCOC2=O)c1)C3. The molecule has 2 fully saturated rings. The number of Topliss-reactive ketones (excluding diaryl/α,β-unsaturated/α-hetero) is 1. The van der Waals surface area contributed by atoms with Gasteiger partial charge in [0.1, 0.15) is 6.61 Å². The van der Waals surface area contributed by atoms with Crippen molar-refractivity contribution in [1.82, 2.24) is 9.88 Å². The number of nitrogens with zero attached hydrogens (tertiary/aromatic N) is 4. The van der Waals surface area contributed by atoms with Crippen molar-refractivity contribution >= 4 is 29.0 Å². The average molecular weight is 573 g/mol. The van der Waals surface area contributed by atoms with Gasteiger partial charge in [-0.25, -0.2) is 9.79 Å². The number of aliphatic imine (C=N–C) groups is 1. The van der Waals surface area contributed by atoms with E-state index in [-0.39, 0.29) is 29.3 Å². The maximum Gasteiger partial charge on any atom is 0.414 e. The molecule has 4 heterocycles. The van der Waals surface area contributed by atoms with Crippen molar-refractivity contribution in [1.29, 1.82) is 0 Å². The summed E-state index contributed by atoms with van der Waals surface area (Å²) in [6.07, 6.45) is 5.89. The Morgan fingerprint density at radius 2 is 1.93 bits per heavy atom. The van der Waals surface area contributed by atoms with Gasteiger partial charge in [0.2, 0.25) is 0 Å². The summed E-state index contributed by atoms with van der Waals surface area (Å²) >= 11 is 0. The van der Waals surface area contributed by atoms with Crippen molar-refractivity contribution in [3.05, 3.63) is 52.8 Å². The fourth-order valence-corrected chi connectivity index (χ4v) is 6.95. The van der Waals surface area contributed by atoms with Gasteiger partial charge in [-0.05, 0) is 91.6 Å². The molecule has 224 valence electrons. The fraction of sp³-hybridized carbons (Fsp3) is 0.588. The molecule has 2 saturated heterocycles. The molecule has 1 aromatic carbocycles. The number of cyclic esters (lactones) is 1. The molecule has 8 nitrogen and oxygen atoms in total. The van der Waals surface area contributed by atoms with E-state index in [9.17, 15) is 14.7 Å². The van der Waals surface area contributed by atoms with Crippen molar-refractivity contribution in [2.75, 3.05) is 37.7 Å². The lowest BCUT2D eigenvalue weighted by atomic mass is 9.71.